The number of amides is 1. The summed E-state index contributed by atoms with van der Waals surface area (Å²) in [6.07, 6.45) is 1.83. The summed E-state index contributed by atoms with van der Waals surface area (Å²) in [5.74, 6) is -0.471. The van der Waals surface area contributed by atoms with Gasteiger partial charge in [0.25, 0.3) is 0 Å². The van der Waals surface area contributed by atoms with Crippen LogP contribution in [0.2, 0.25) is 0 Å². The Bertz CT molecular complexity index is 867. The molecule has 2 aromatic carbocycles. The SMILES string of the molecule is Cc1cc2occ(CC(=O)NCc3ccccc3F)c2cc1C. The van der Waals surface area contributed by atoms with Gasteiger partial charge < -0.3 is 9.73 Å². The van der Waals surface area contributed by atoms with Crippen molar-refractivity contribution in [1.29, 1.82) is 0 Å². The number of rotatable bonds is 4. The summed E-state index contributed by atoms with van der Waals surface area (Å²) in [5.41, 5.74) is 4.41. The Labute approximate surface area is 134 Å². The molecule has 3 rings (SSSR count). The molecule has 0 radical (unpaired) electrons. The molecule has 0 saturated heterocycles. The molecule has 0 aliphatic heterocycles. The van der Waals surface area contributed by atoms with E-state index >= 15 is 0 Å². The maximum absolute atomic E-state index is 13.5. The topological polar surface area (TPSA) is 42.2 Å². The summed E-state index contributed by atoms with van der Waals surface area (Å²) in [4.78, 5) is 12.1. The first-order chi connectivity index (χ1) is 11.0. The van der Waals surface area contributed by atoms with Crippen LogP contribution in [0.5, 0.6) is 0 Å². The van der Waals surface area contributed by atoms with Gasteiger partial charge >= 0.3 is 0 Å². The van der Waals surface area contributed by atoms with Crippen molar-refractivity contribution < 1.29 is 13.6 Å². The van der Waals surface area contributed by atoms with E-state index in [0.29, 0.717) is 5.56 Å². The molecule has 3 aromatic rings. The predicted molar refractivity (Wildman–Crippen MR) is 87.6 cm³/mol. The average Bonchev–Trinajstić information content (AvgIpc) is 2.89. The molecule has 3 nitrogen and oxygen atoms in total. The van der Waals surface area contributed by atoms with Crippen molar-refractivity contribution in [1.82, 2.24) is 5.32 Å². The zero-order chi connectivity index (χ0) is 16.4. The molecule has 1 amide bonds. The van der Waals surface area contributed by atoms with Gasteiger partial charge in [0.1, 0.15) is 11.4 Å². The Kier molecular flexibility index (Phi) is 4.15. The van der Waals surface area contributed by atoms with Gasteiger partial charge in [0.2, 0.25) is 5.91 Å². The fourth-order valence-corrected chi connectivity index (χ4v) is 2.54. The number of aryl methyl sites for hydroxylation is 2. The highest BCUT2D eigenvalue weighted by Gasteiger charge is 2.12. The van der Waals surface area contributed by atoms with Crippen LogP contribution in [0.15, 0.2) is 47.1 Å². The van der Waals surface area contributed by atoms with Crippen LogP contribution < -0.4 is 5.32 Å². The molecular formula is C19H18FNO2. The number of nitrogens with one attached hydrogen (secondary N) is 1. The zero-order valence-electron chi connectivity index (χ0n) is 13.2. The van der Waals surface area contributed by atoms with Crippen LogP contribution >= 0.6 is 0 Å². The normalized spacial score (nSPS) is 10.9. The second kappa shape index (κ2) is 6.24. The van der Waals surface area contributed by atoms with E-state index < -0.39 is 0 Å². The number of halogens is 1. The van der Waals surface area contributed by atoms with Crippen LogP contribution in [-0.4, -0.2) is 5.91 Å². The van der Waals surface area contributed by atoms with Gasteiger partial charge in [-0.3, -0.25) is 4.79 Å². The number of carbonyl (C=O) groups is 1. The highest BCUT2D eigenvalue weighted by molar-refractivity contribution is 5.88. The van der Waals surface area contributed by atoms with Crippen molar-refractivity contribution in [3.63, 3.8) is 0 Å². The van der Waals surface area contributed by atoms with Crippen molar-refractivity contribution in [2.24, 2.45) is 0 Å². The van der Waals surface area contributed by atoms with E-state index in [0.717, 1.165) is 27.7 Å². The third kappa shape index (κ3) is 3.26. The van der Waals surface area contributed by atoms with E-state index in [1.54, 1.807) is 24.5 Å². The largest absolute Gasteiger partial charge is 0.464 e. The lowest BCUT2D eigenvalue weighted by Gasteiger charge is -2.06. The third-order valence-corrected chi connectivity index (χ3v) is 4.05. The second-order valence-corrected chi connectivity index (χ2v) is 5.74. The first-order valence-corrected chi connectivity index (χ1v) is 7.52. The molecule has 0 spiro atoms. The number of furan rings is 1. The highest BCUT2D eigenvalue weighted by Crippen LogP contribution is 2.25. The smallest absolute Gasteiger partial charge is 0.224 e. The maximum Gasteiger partial charge on any atom is 0.224 e. The Morgan fingerprint density at radius 2 is 1.87 bits per heavy atom. The van der Waals surface area contributed by atoms with E-state index in [-0.39, 0.29) is 24.7 Å². The number of benzene rings is 2. The van der Waals surface area contributed by atoms with Gasteiger partial charge in [-0.1, -0.05) is 18.2 Å². The van der Waals surface area contributed by atoms with Crippen molar-refractivity contribution in [2.75, 3.05) is 0 Å². The minimum Gasteiger partial charge on any atom is -0.464 e. The van der Waals surface area contributed by atoms with Gasteiger partial charge in [-0.25, -0.2) is 4.39 Å². The van der Waals surface area contributed by atoms with Crippen LogP contribution in [0, 0.1) is 19.7 Å². The summed E-state index contributed by atoms with van der Waals surface area (Å²) in [6.45, 7) is 4.24. The zero-order valence-corrected chi connectivity index (χ0v) is 13.2. The van der Waals surface area contributed by atoms with Crippen LogP contribution in [0.3, 0.4) is 0 Å². The van der Waals surface area contributed by atoms with Crippen molar-refractivity contribution >= 4 is 16.9 Å². The monoisotopic (exact) mass is 311 g/mol. The molecule has 0 atom stereocenters. The van der Waals surface area contributed by atoms with Crippen LogP contribution in [0.25, 0.3) is 11.0 Å². The average molecular weight is 311 g/mol. The van der Waals surface area contributed by atoms with E-state index in [4.69, 9.17) is 4.42 Å². The van der Waals surface area contributed by atoms with Crippen LogP contribution in [0.1, 0.15) is 22.3 Å². The molecule has 1 N–H and O–H groups in total. The Morgan fingerprint density at radius 3 is 2.65 bits per heavy atom. The summed E-state index contributed by atoms with van der Waals surface area (Å²) < 4.78 is 19.1. The molecule has 0 fully saturated rings. The number of hydrogen-bond acceptors (Lipinski definition) is 2. The maximum atomic E-state index is 13.5. The van der Waals surface area contributed by atoms with Gasteiger partial charge in [0.15, 0.2) is 0 Å². The Balaban J connectivity index is 1.71. The molecule has 0 unspecified atom stereocenters. The van der Waals surface area contributed by atoms with Gasteiger partial charge in [-0.2, -0.15) is 0 Å². The molecule has 1 aromatic heterocycles. The molecule has 0 bridgehead atoms. The van der Waals surface area contributed by atoms with E-state index in [2.05, 4.69) is 5.32 Å². The molecule has 1 heterocycles. The summed E-state index contributed by atoms with van der Waals surface area (Å²) in [6, 6.07) is 10.4. The number of fused-ring (bicyclic) bond motifs is 1. The lowest BCUT2D eigenvalue weighted by Crippen LogP contribution is -2.24. The molecule has 23 heavy (non-hydrogen) atoms. The molecule has 4 heteroatoms. The quantitative estimate of drug-likeness (QED) is 0.790. The molecule has 0 aliphatic rings. The molecular weight excluding hydrogens is 293 g/mol. The standard InChI is InChI=1S/C19H18FNO2/c1-12-7-16-15(11-23-18(16)8-13(12)2)9-19(22)21-10-14-5-3-4-6-17(14)20/h3-8,11H,9-10H2,1-2H3,(H,21,22). The molecule has 0 saturated carbocycles. The van der Waals surface area contributed by atoms with Gasteiger partial charge in [0, 0.05) is 23.1 Å². The van der Waals surface area contributed by atoms with E-state index in [1.165, 1.54) is 6.07 Å². The van der Waals surface area contributed by atoms with Gasteiger partial charge in [-0.05, 0) is 43.2 Å². The molecule has 0 aliphatic carbocycles. The Morgan fingerprint density at radius 1 is 1.13 bits per heavy atom. The fraction of sp³-hybridized carbons (Fsp3) is 0.211. The van der Waals surface area contributed by atoms with Crippen molar-refractivity contribution in [2.45, 2.75) is 26.8 Å². The summed E-state index contributed by atoms with van der Waals surface area (Å²) in [7, 11) is 0. The summed E-state index contributed by atoms with van der Waals surface area (Å²) in [5, 5.41) is 3.70. The Hall–Kier alpha value is -2.62. The third-order valence-electron chi connectivity index (χ3n) is 4.05. The van der Waals surface area contributed by atoms with Crippen LogP contribution in [-0.2, 0) is 17.8 Å². The van der Waals surface area contributed by atoms with Gasteiger partial charge in [0.05, 0.1) is 12.7 Å². The lowest BCUT2D eigenvalue weighted by atomic mass is 10.0. The van der Waals surface area contributed by atoms with Crippen molar-refractivity contribution in [3.8, 4) is 0 Å². The minimum atomic E-state index is -0.312. The minimum absolute atomic E-state index is 0.158. The first-order valence-electron chi connectivity index (χ1n) is 7.52. The second-order valence-electron chi connectivity index (χ2n) is 5.74. The number of carbonyl (C=O) groups excluding carboxylic acids is 1. The predicted octanol–water partition coefficient (Wildman–Crippen LogP) is 4.05. The van der Waals surface area contributed by atoms with E-state index in [1.807, 2.05) is 26.0 Å². The summed E-state index contributed by atoms with van der Waals surface area (Å²) >= 11 is 0. The fourth-order valence-electron chi connectivity index (χ4n) is 2.54. The lowest BCUT2D eigenvalue weighted by molar-refractivity contribution is -0.120. The van der Waals surface area contributed by atoms with Crippen molar-refractivity contribution in [3.05, 3.63) is 70.7 Å². The molecule has 118 valence electrons. The first kappa shape index (κ1) is 15.3. The highest BCUT2D eigenvalue weighted by atomic mass is 19.1. The number of hydrogen-bond donors (Lipinski definition) is 1. The van der Waals surface area contributed by atoms with Crippen LogP contribution in [0.4, 0.5) is 4.39 Å². The van der Waals surface area contributed by atoms with E-state index in [9.17, 15) is 9.18 Å². The van der Waals surface area contributed by atoms with Gasteiger partial charge in [-0.15, -0.1) is 0 Å².